The Hall–Kier alpha value is -5.64. The quantitative estimate of drug-likeness (QED) is 0.0780. The fraction of sp³-hybridized carbons (Fsp3) is 0.111. The van der Waals surface area contributed by atoms with Crippen LogP contribution in [-0.2, 0) is 44.5 Å². The smallest absolute Gasteiger partial charge is 0.427 e. The second kappa shape index (κ2) is 13.2. The molecule has 6 nitrogen and oxygen atoms in total. The predicted octanol–water partition coefficient (Wildman–Crippen LogP) is 8.71. The number of ether oxygens (including phenoxy) is 4. The zero-order valence-corrected chi connectivity index (χ0v) is 24.2. The summed E-state index contributed by atoms with van der Waals surface area (Å²) in [4.78, 5) is 23.0. The molecule has 0 unspecified atom stereocenters. The highest BCUT2D eigenvalue weighted by atomic mass is 19.3. The molecule has 0 saturated carbocycles. The summed E-state index contributed by atoms with van der Waals surface area (Å²) in [6.07, 6.45) is -5.63. The Balaban J connectivity index is 1.34. The number of benzene rings is 5. The first-order valence-corrected chi connectivity index (χ1v) is 13.9. The van der Waals surface area contributed by atoms with E-state index in [0.717, 1.165) is 36.4 Å². The van der Waals surface area contributed by atoms with Crippen LogP contribution in [0, 0.1) is 0 Å². The van der Waals surface area contributed by atoms with Gasteiger partial charge < -0.3 is 18.9 Å². The fourth-order valence-corrected chi connectivity index (χ4v) is 4.88. The summed E-state index contributed by atoms with van der Waals surface area (Å²) in [5.74, 6) is -1.89. The maximum absolute atomic E-state index is 15.5. The SMILES string of the molecule is C=CC(=O)OCc1ccc(C(F)(F)Oc2ccc(OC(F)(F)c3ccc(COC(=O)C=C)c4ccccc34)cc2)c2ccccc12. The van der Waals surface area contributed by atoms with Crippen molar-refractivity contribution in [2.45, 2.75) is 25.4 Å². The first-order chi connectivity index (χ1) is 22.0. The van der Waals surface area contributed by atoms with Crippen LogP contribution in [0.25, 0.3) is 21.5 Å². The van der Waals surface area contributed by atoms with E-state index in [-0.39, 0.29) is 35.5 Å². The topological polar surface area (TPSA) is 71.1 Å². The molecule has 0 aliphatic carbocycles. The van der Waals surface area contributed by atoms with Crippen LogP contribution in [0.2, 0.25) is 0 Å². The molecule has 0 amide bonds. The summed E-state index contributed by atoms with van der Waals surface area (Å²) in [7, 11) is 0. The summed E-state index contributed by atoms with van der Waals surface area (Å²) in [6, 6.07) is 22.3. The molecule has 0 heterocycles. The van der Waals surface area contributed by atoms with Crippen LogP contribution in [0.1, 0.15) is 22.3 Å². The van der Waals surface area contributed by atoms with Crippen molar-refractivity contribution >= 4 is 33.5 Å². The van der Waals surface area contributed by atoms with E-state index >= 15 is 17.6 Å². The van der Waals surface area contributed by atoms with Crippen molar-refractivity contribution in [3.8, 4) is 11.5 Å². The summed E-state index contributed by atoms with van der Waals surface area (Å²) >= 11 is 0. The maximum Gasteiger partial charge on any atom is 0.427 e. The van der Waals surface area contributed by atoms with Crippen molar-refractivity contribution in [3.63, 3.8) is 0 Å². The number of carbonyl (C=O) groups is 2. The second-order valence-corrected chi connectivity index (χ2v) is 9.97. The number of hydrogen-bond acceptors (Lipinski definition) is 6. The molecule has 0 saturated heterocycles. The van der Waals surface area contributed by atoms with Crippen molar-refractivity contribution in [1.82, 2.24) is 0 Å². The number of esters is 2. The Morgan fingerprint density at radius 2 is 0.891 bits per heavy atom. The third-order valence-corrected chi connectivity index (χ3v) is 7.04. The van der Waals surface area contributed by atoms with Gasteiger partial charge in [-0.05, 0) is 69.1 Å². The first-order valence-electron chi connectivity index (χ1n) is 13.9. The molecule has 46 heavy (non-hydrogen) atoms. The van der Waals surface area contributed by atoms with E-state index in [2.05, 4.69) is 13.2 Å². The summed E-state index contributed by atoms with van der Waals surface area (Å²) in [6.45, 7) is 6.38. The van der Waals surface area contributed by atoms with Crippen LogP contribution in [0.3, 0.4) is 0 Å². The molecule has 5 aromatic carbocycles. The van der Waals surface area contributed by atoms with E-state index in [1.807, 2.05) is 0 Å². The van der Waals surface area contributed by atoms with Gasteiger partial charge in [0.05, 0.1) is 11.1 Å². The number of fused-ring (bicyclic) bond motifs is 2. The highest BCUT2D eigenvalue weighted by molar-refractivity contribution is 5.90. The van der Waals surface area contributed by atoms with Gasteiger partial charge in [-0.1, -0.05) is 73.8 Å². The lowest BCUT2D eigenvalue weighted by Crippen LogP contribution is -2.23. The third kappa shape index (κ3) is 6.86. The van der Waals surface area contributed by atoms with E-state index in [4.69, 9.17) is 18.9 Å². The van der Waals surface area contributed by atoms with Crippen molar-refractivity contribution in [3.05, 3.63) is 145 Å². The van der Waals surface area contributed by atoms with Gasteiger partial charge in [0.25, 0.3) is 0 Å². The zero-order valence-electron chi connectivity index (χ0n) is 24.2. The standard InChI is InChI=1S/C36H26F4O6/c1-3-33(41)43-21-23-13-19-31(29-11-7-5-9-27(23)29)35(37,38)45-25-15-17-26(18-16-25)46-36(39,40)32-20-14-24(22-44-34(42)4-2)28-10-6-8-12-30(28)32/h3-20H,1-2,21-22H2. The normalized spacial score (nSPS) is 11.6. The van der Waals surface area contributed by atoms with E-state index in [1.165, 1.54) is 36.4 Å². The largest absolute Gasteiger partial charge is 0.458 e. The van der Waals surface area contributed by atoms with Gasteiger partial charge in [-0.15, -0.1) is 0 Å². The Labute approximate surface area is 261 Å². The second-order valence-electron chi connectivity index (χ2n) is 9.97. The highest BCUT2D eigenvalue weighted by Crippen LogP contribution is 2.40. The van der Waals surface area contributed by atoms with Crippen LogP contribution < -0.4 is 9.47 Å². The van der Waals surface area contributed by atoms with E-state index in [0.29, 0.717) is 21.9 Å². The molecule has 234 valence electrons. The Morgan fingerprint density at radius 1 is 0.543 bits per heavy atom. The van der Waals surface area contributed by atoms with Crippen LogP contribution in [0.15, 0.2) is 122 Å². The van der Waals surface area contributed by atoms with Crippen LogP contribution in [0.5, 0.6) is 11.5 Å². The first kappa shape index (κ1) is 31.8. The molecule has 0 radical (unpaired) electrons. The summed E-state index contributed by atoms with van der Waals surface area (Å²) in [5.41, 5.74) is 0.129. The number of halogens is 4. The fourth-order valence-electron chi connectivity index (χ4n) is 4.88. The Kier molecular flexibility index (Phi) is 9.08. The summed E-state index contributed by atoms with van der Waals surface area (Å²) in [5, 5.41) is 1.22. The molecule has 0 spiro atoms. The molecule has 5 aromatic rings. The van der Waals surface area contributed by atoms with E-state index in [1.54, 1.807) is 36.4 Å². The molecular weight excluding hydrogens is 604 g/mol. The molecular formula is C36H26F4O6. The molecule has 0 aliphatic heterocycles. The average molecular weight is 631 g/mol. The van der Waals surface area contributed by atoms with Crippen molar-refractivity contribution in [2.24, 2.45) is 0 Å². The van der Waals surface area contributed by atoms with Crippen LogP contribution in [0.4, 0.5) is 17.6 Å². The van der Waals surface area contributed by atoms with E-state index < -0.39 is 35.3 Å². The third-order valence-electron chi connectivity index (χ3n) is 7.04. The van der Waals surface area contributed by atoms with Gasteiger partial charge in [0.1, 0.15) is 24.7 Å². The minimum Gasteiger partial charge on any atom is -0.458 e. The van der Waals surface area contributed by atoms with Gasteiger partial charge in [-0.2, -0.15) is 17.6 Å². The highest BCUT2D eigenvalue weighted by Gasteiger charge is 2.38. The molecule has 0 fully saturated rings. The zero-order chi connectivity index (χ0) is 32.9. The van der Waals surface area contributed by atoms with Gasteiger partial charge in [-0.3, -0.25) is 0 Å². The van der Waals surface area contributed by atoms with E-state index in [9.17, 15) is 9.59 Å². The van der Waals surface area contributed by atoms with Gasteiger partial charge in [0.2, 0.25) is 0 Å². The molecule has 0 atom stereocenters. The lowest BCUT2D eigenvalue weighted by molar-refractivity contribution is -0.186. The van der Waals surface area contributed by atoms with Gasteiger partial charge in [0, 0.05) is 12.2 Å². The summed E-state index contributed by atoms with van der Waals surface area (Å²) < 4.78 is 82.0. The number of hydrogen-bond donors (Lipinski definition) is 0. The number of rotatable bonds is 12. The molecule has 0 bridgehead atoms. The van der Waals surface area contributed by atoms with Crippen molar-refractivity contribution in [2.75, 3.05) is 0 Å². The average Bonchev–Trinajstić information content (AvgIpc) is 3.06. The molecule has 0 aromatic heterocycles. The number of carbonyl (C=O) groups excluding carboxylic acids is 2. The van der Waals surface area contributed by atoms with Crippen molar-refractivity contribution in [1.29, 1.82) is 0 Å². The Bertz CT molecular complexity index is 1800. The molecule has 10 heteroatoms. The lowest BCUT2D eigenvalue weighted by atomic mass is 9.99. The minimum atomic E-state index is -3.82. The Morgan fingerprint density at radius 3 is 1.24 bits per heavy atom. The maximum atomic E-state index is 15.5. The minimum absolute atomic E-state index is 0.144. The molecule has 5 rings (SSSR count). The monoisotopic (exact) mass is 630 g/mol. The molecule has 0 N–H and O–H groups in total. The molecule has 0 aliphatic rings. The van der Waals surface area contributed by atoms with Gasteiger partial charge in [-0.25, -0.2) is 9.59 Å². The van der Waals surface area contributed by atoms with Crippen LogP contribution in [-0.4, -0.2) is 11.9 Å². The predicted molar refractivity (Wildman–Crippen MR) is 163 cm³/mol. The van der Waals surface area contributed by atoms with Gasteiger partial charge in [0.15, 0.2) is 0 Å². The van der Waals surface area contributed by atoms with Crippen LogP contribution >= 0.6 is 0 Å². The van der Waals surface area contributed by atoms with Gasteiger partial charge >= 0.3 is 24.2 Å². The van der Waals surface area contributed by atoms with Crippen molar-refractivity contribution < 1.29 is 46.1 Å². The number of alkyl halides is 4. The lowest BCUT2D eigenvalue weighted by Gasteiger charge is -2.22.